The number of benzene rings is 1. The lowest BCUT2D eigenvalue weighted by atomic mass is 10.0. The van der Waals surface area contributed by atoms with Gasteiger partial charge in [0.1, 0.15) is 0 Å². The first-order valence-corrected chi connectivity index (χ1v) is 10.5. The lowest BCUT2D eigenvalue weighted by molar-refractivity contribution is 0.0952. The molecule has 0 fully saturated rings. The second-order valence-corrected chi connectivity index (χ2v) is 6.94. The van der Waals surface area contributed by atoms with Crippen LogP contribution in [-0.4, -0.2) is 78.1 Å². The first-order valence-electron chi connectivity index (χ1n) is 10.5. The molecule has 0 aromatic heterocycles. The van der Waals surface area contributed by atoms with E-state index >= 15 is 0 Å². The van der Waals surface area contributed by atoms with Gasteiger partial charge < -0.3 is 31.9 Å². The lowest BCUT2D eigenvalue weighted by Gasteiger charge is -2.12. The molecular weight excluding hydrogens is 384 g/mol. The van der Waals surface area contributed by atoms with Crippen molar-refractivity contribution in [1.29, 1.82) is 0 Å². The van der Waals surface area contributed by atoms with E-state index in [1.54, 1.807) is 0 Å². The van der Waals surface area contributed by atoms with Gasteiger partial charge in [0.25, 0.3) is 17.7 Å². The van der Waals surface area contributed by atoms with E-state index in [1.165, 1.54) is 18.2 Å². The van der Waals surface area contributed by atoms with Crippen LogP contribution < -0.4 is 31.9 Å². The van der Waals surface area contributed by atoms with Crippen molar-refractivity contribution in [3.63, 3.8) is 0 Å². The zero-order valence-electron chi connectivity index (χ0n) is 18.3. The maximum Gasteiger partial charge on any atom is 0.251 e. The van der Waals surface area contributed by atoms with E-state index in [1.807, 2.05) is 21.1 Å². The molecule has 30 heavy (non-hydrogen) atoms. The van der Waals surface area contributed by atoms with E-state index < -0.39 is 0 Å². The van der Waals surface area contributed by atoms with Crippen LogP contribution in [0.5, 0.6) is 0 Å². The Labute approximate surface area is 179 Å². The summed E-state index contributed by atoms with van der Waals surface area (Å²) in [6.45, 7) is 3.88. The largest absolute Gasteiger partial charge is 0.352 e. The molecule has 0 radical (unpaired) electrons. The summed E-state index contributed by atoms with van der Waals surface area (Å²) >= 11 is 0. The molecule has 9 nitrogen and oxygen atoms in total. The first kappa shape index (κ1) is 25.5. The Kier molecular flexibility index (Phi) is 13.1. The van der Waals surface area contributed by atoms with Crippen molar-refractivity contribution in [3.8, 4) is 0 Å². The fraction of sp³-hybridized carbons (Fsp3) is 0.571. The lowest BCUT2D eigenvalue weighted by Crippen LogP contribution is -2.30. The van der Waals surface area contributed by atoms with Gasteiger partial charge in [0.15, 0.2) is 0 Å². The van der Waals surface area contributed by atoms with Crippen LogP contribution in [0.4, 0.5) is 0 Å². The van der Waals surface area contributed by atoms with Gasteiger partial charge in [-0.15, -0.1) is 0 Å². The molecule has 0 spiro atoms. The normalized spacial score (nSPS) is 10.5. The van der Waals surface area contributed by atoms with Gasteiger partial charge in [-0.05, 0) is 78.2 Å². The van der Waals surface area contributed by atoms with Crippen molar-refractivity contribution >= 4 is 17.7 Å². The van der Waals surface area contributed by atoms with Crippen LogP contribution in [0.1, 0.15) is 50.3 Å². The summed E-state index contributed by atoms with van der Waals surface area (Å²) in [5, 5.41) is 17.5. The van der Waals surface area contributed by atoms with E-state index in [4.69, 9.17) is 0 Å². The molecule has 0 heterocycles. The molecule has 6 N–H and O–H groups in total. The topological polar surface area (TPSA) is 123 Å². The Morgan fingerprint density at radius 2 is 0.800 bits per heavy atom. The van der Waals surface area contributed by atoms with Gasteiger partial charge in [-0.1, -0.05) is 0 Å². The third-order valence-electron chi connectivity index (χ3n) is 4.39. The van der Waals surface area contributed by atoms with Crippen molar-refractivity contribution in [3.05, 3.63) is 34.9 Å². The zero-order chi connectivity index (χ0) is 22.2. The minimum Gasteiger partial charge on any atom is -0.352 e. The second kappa shape index (κ2) is 15.4. The minimum atomic E-state index is -0.305. The summed E-state index contributed by atoms with van der Waals surface area (Å²) in [6, 6.07) is 4.58. The number of hydrogen-bond donors (Lipinski definition) is 6. The molecule has 1 rings (SSSR count). The highest BCUT2D eigenvalue weighted by Gasteiger charge is 2.16. The van der Waals surface area contributed by atoms with Gasteiger partial charge in [0.05, 0.1) is 0 Å². The van der Waals surface area contributed by atoms with Crippen LogP contribution in [-0.2, 0) is 0 Å². The van der Waals surface area contributed by atoms with Crippen molar-refractivity contribution in [2.24, 2.45) is 0 Å². The Balaban J connectivity index is 2.92. The number of rotatable bonds is 15. The molecule has 3 amide bonds. The smallest absolute Gasteiger partial charge is 0.251 e. The molecule has 0 aliphatic rings. The molecule has 0 bridgehead atoms. The van der Waals surface area contributed by atoms with Gasteiger partial charge in [-0.3, -0.25) is 14.4 Å². The quantitative estimate of drug-likeness (QED) is 0.217. The van der Waals surface area contributed by atoms with Crippen molar-refractivity contribution < 1.29 is 14.4 Å². The molecule has 168 valence electrons. The van der Waals surface area contributed by atoms with E-state index in [2.05, 4.69) is 31.9 Å². The summed E-state index contributed by atoms with van der Waals surface area (Å²) in [5.74, 6) is -0.916. The third kappa shape index (κ3) is 9.82. The first-order chi connectivity index (χ1) is 14.5. The SMILES string of the molecule is CNCCCNC(=O)c1cc(C(=O)NCCCNC)cc(C(=O)NCCCNC)c1. The molecule has 1 aromatic carbocycles. The van der Waals surface area contributed by atoms with E-state index in [0.717, 1.165) is 38.9 Å². The van der Waals surface area contributed by atoms with Crippen LogP contribution in [0.15, 0.2) is 18.2 Å². The van der Waals surface area contributed by atoms with Crippen LogP contribution in [0.25, 0.3) is 0 Å². The molecular formula is C21H36N6O3. The fourth-order valence-electron chi connectivity index (χ4n) is 2.73. The number of carbonyl (C=O) groups excluding carboxylic acids is 3. The molecule has 0 aliphatic carbocycles. The zero-order valence-corrected chi connectivity index (χ0v) is 18.3. The average Bonchev–Trinajstić information content (AvgIpc) is 2.76. The molecule has 0 saturated carbocycles. The van der Waals surface area contributed by atoms with Crippen LogP contribution >= 0.6 is 0 Å². The third-order valence-corrected chi connectivity index (χ3v) is 4.39. The number of amides is 3. The Bertz CT molecular complexity index is 578. The van der Waals surface area contributed by atoms with E-state index in [9.17, 15) is 14.4 Å². The maximum atomic E-state index is 12.5. The highest BCUT2D eigenvalue weighted by atomic mass is 16.2. The Hall–Kier alpha value is -2.49. The number of nitrogens with one attached hydrogen (secondary N) is 6. The van der Waals surface area contributed by atoms with Gasteiger partial charge in [0, 0.05) is 36.3 Å². The maximum absolute atomic E-state index is 12.5. The number of hydrogen-bond acceptors (Lipinski definition) is 6. The van der Waals surface area contributed by atoms with E-state index in [0.29, 0.717) is 36.3 Å². The van der Waals surface area contributed by atoms with Crippen LogP contribution in [0.3, 0.4) is 0 Å². The van der Waals surface area contributed by atoms with Crippen molar-refractivity contribution in [2.75, 3.05) is 60.4 Å². The molecule has 0 aliphatic heterocycles. The second-order valence-electron chi connectivity index (χ2n) is 6.94. The van der Waals surface area contributed by atoms with Crippen molar-refractivity contribution in [1.82, 2.24) is 31.9 Å². The Morgan fingerprint density at radius 1 is 0.533 bits per heavy atom. The summed E-state index contributed by atoms with van der Waals surface area (Å²) in [7, 11) is 5.55. The van der Waals surface area contributed by atoms with Crippen LogP contribution in [0, 0.1) is 0 Å². The summed E-state index contributed by atoms with van der Waals surface area (Å²) in [4.78, 5) is 37.6. The van der Waals surface area contributed by atoms with Gasteiger partial charge in [-0.25, -0.2) is 0 Å². The standard InChI is InChI=1S/C21H36N6O3/c1-22-7-4-10-25-19(28)16-13-17(20(29)26-11-5-8-23-2)15-18(14-16)21(30)27-12-6-9-24-3/h13-15,22-24H,4-12H2,1-3H3,(H,25,28)(H,26,29)(H,27,30). The Morgan fingerprint density at radius 3 is 1.03 bits per heavy atom. The minimum absolute atomic E-state index is 0.294. The molecule has 9 heteroatoms. The monoisotopic (exact) mass is 420 g/mol. The number of carbonyl (C=O) groups is 3. The molecule has 0 atom stereocenters. The fourth-order valence-corrected chi connectivity index (χ4v) is 2.73. The predicted molar refractivity (Wildman–Crippen MR) is 119 cm³/mol. The van der Waals surface area contributed by atoms with Crippen molar-refractivity contribution in [2.45, 2.75) is 19.3 Å². The summed E-state index contributed by atoms with van der Waals surface area (Å²) in [5.41, 5.74) is 0.883. The molecule has 0 saturated heterocycles. The average molecular weight is 421 g/mol. The van der Waals surface area contributed by atoms with Crippen LogP contribution in [0.2, 0.25) is 0 Å². The van der Waals surface area contributed by atoms with Gasteiger partial charge in [0.2, 0.25) is 0 Å². The predicted octanol–water partition coefficient (Wildman–Crippen LogP) is -0.295. The summed E-state index contributed by atoms with van der Waals surface area (Å²) in [6.07, 6.45) is 2.35. The molecule has 1 aromatic rings. The molecule has 0 unspecified atom stereocenters. The van der Waals surface area contributed by atoms with Gasteiger partial charge in [-0.2, -0.15) is 0 Å². The van der Waals surface area contributed by atoms with Gasteiger partial charge >= 0.3 is 0 Å². The highest BCUT2D eigenvalue weighted by Crippen LogP contribution is 2.12. The van der Waals surface area contributed by atoms with E-state index in [-0.39, 0.29) is 17.7 Å². The summed E-state index contributed by atoms with van der Waals surface area (Å²) < 4.78 is 0. The highest BCUT2D eigenvalue weighted by molar-refractivity contribution is 6.04.